The van der Waals surface area contributed by atoms with E-state index in [0.29, 0.717) is 25.9 Å². The molecule has 0 aromatic rings. The number of hydrogen-bond acceptors (Lipinski definition) is 8. The predicted octanol–water partition coefficient (Wildman–Crippen LogP) is 0.677. The Bertz CT molecular complexity index is 449. The zero-order valence-corrected chi connectivity index (χ0v) is 14.5. The van der Waals surface area contributed by atoms with Crippen molar-refractivity contribution in [1.82, 2.24) is 10.6 Å². The highest BCUT2D eigenvalue weighted by Gasteiger charge is 2.04. The van der Waals surface area contributed by atoms with Gasteiger partial charge in [-0.2, -0.15) is 0 Å². The first kappa shape index (κ1) is 23.0. The first-order valence-electron chi connectivity index (χ1n) is 7.89. The Morgan fingerprint density at radius 3 is 1.35 bits per heavy atom. The van der Waals surface area contributed by atoms with Crippen LogP contribution in [0.3, 0.4) is 0 Å². The van der Waals surface area contributed by atoms with Crippen LogP contribution in [0.2, 0.25) is 0 Å². The van der Waals surface area contributed by atoms with Crippen molar-refractivity contribution in [2.45, 2.75) is 12.8 Å². The lowest BCUT2D eigenvalue weighted by Crippen LogP contribution is -2.29. The van der Waals surface area contributed by atoms with Crippen molar-refractivity contribution in [3.8, 4) is 0 Å². The average Bonchev–Trinajstić information content (AvgIpc) is 2.64. The summed E-state index contributed by atoms with van der Waals surface area (Å²) in [4.78, 5) is 44.0. The number of carbonyl (C=O) groups excluding carboxylic acids is 4. The van der Waals surface area contributed by atoms with Crippen LogP contribution in [-0.4, -0.2) is 63.6 Å². The Balaban J connectivity index is 3.43. The van der Waals surface area contributed by atoms with E-state index in [2.05, 4.69) is 33.3 Å². The lowest BCUT2D eigenvalue weighted by Gasteiger charge is -2.08. The molecule has 0 saturated heterocycles. The molecule has 26 heavy (non-hydrogen) atoms. The van der Waals surface area contributed by atoms with Crippen LogP contribution < -0.4 is 10.6 Å². The molecular formula is C16H24N2O8. The Labute approximate surface area is 151 Å². The van der Waals surface area contributed by atoms with E-state index in [0.717, 1.165) is 12.2 Å². The zero-order valence-electron chi connectivity index (χ0n) is 14.5. The zero-order chi connectivity index (χ0) is 19.6. The van der Waals surface area contributed by atoms with E-state index < -0.39 is 24.1 Å². The molecule has 0 saturated carbocycles. The highest BCUT2D eigenvalue weighted by molar-refractivity contribution is 5.81. The van der Waals surface area contributed by atoms with Gasteiger partial charge >= 0.3 is 24.1 Å². The normalized spacial score (nSPS) is 9.38. The van der Waals surface area contributed by atoms with Gasteiger partial charge in [-0.25, -0.2) is 19.2 Å². The van der Waals surface area contributed by atoms with Crippen LogP contribution in [0.4, 0.5) is 9.59 Å². The molecule has 0 aliphatic carbocycles. The molecule has 0 aromatic heterocycles. The summed E-state index contributed by atoms with van der Waals surface area (Å²) in [6.45, 7) is 6.98. The minimum Gasteiger partial charge on any atom is -0.459 e. The number of alkyl carbamates (subject to hydrolysis) is 2. The summed E-state index contributed by atoms with van der Waals surface area (Å²) in [7, 11) is 0. The molecule has 0 atom stereocenters. The fraction of sp³-hybridized carbons (Fsp3) is 0.500. The molecule has 2 amide bonds. The van der Waals surface area contributed by atoms with Gasteiger partial charge in [0.15, 0.2) is 0 Å². The smallest absolute Gasteiger partial charge is 0.407 e. The lowest BCUT2D eigenvalue weighted by atomic mass is 10.3. The van der Waals surface area contributed by atoms with Gasteiger partial charge in [0.1, 0.15) is 26.4 Å². The maximum absolute atomic E-state index is 11.3. The molecule has 0 aromatic carbocycles. The van der Waals surface area contributed by atoms with Crippen LogP contribution in [0, 0.1) is 0 Å². The van der Waals surface area contributed by atoms with Gasteiger partial charge in [0.2, 0.25) is 0 Å². The minimum atomic E-state index is -0.624. The molecule has 0 fully saturated rings. The molecule has 0 radical (unpaired) electrons. The predicted molar refractivity (Wildman–Crippen MR) is 90.2 cm³/mol. The van der Waals surface area contributed by atoms with Gasteiger partial charge in [0.05, 0.1) is 0 Å². The molecule has 10 heteroatoms. The van der Waals surface area contributed by atoms with Crippen molar-refractivity contribution in [1.29, 1.82) is 0 Å². The van der Waals surface area contributed by atoms with Crippen LogP contribution in [0.15, 0.2) is 25.3 Å². The van der Waals surface area contributed by atoms with Crippen LogP contribution >= 0.6 is 0 Å². The highest BCUT2D eigenvalue weighted by Crippen LogP contribution is 1.88. The van der Waals surface area contributed by atoms with Gasteiger partial charge in [0, 0.05) is 25.2 Å². The second kappa shape index (κ2) is 15.5. The van der Waals surface area contributed by atoms with E-state index >= 15 is 0 Å². The number of nitrogens with one attached hydrogen (secondary N) is 2. The summed E-state index contributed by atoms with van der Waals surface area (Å²) < 4.78 is 18.8. The third-order valence-electron chi connectivity index (χ3n) is 2.60. The van der Waals surface area contributed by atoms with E-state index in [1.807, 2.05) is 0 Å². The SMILES string of the molecule is C=CC(=O)OCCOC(=O)NCCCCNC(=O)OCCOC(=O)C=C. The van der Waals surface area contributed by atoms with Crippen molar-refractivity contribution >= 4 is 24.1 Å². The number of ether oxygens (including phenoxy) is 4. The van der Waals surface area contributed by atoms with Gasteiger partial charge in [-0.1, -0.05) is 13.2 Å². The van der Waals surface area contributed by atoms with Crippen molar-refractivity contribution in [2.24, 2.45) is 0 Å². The fourth-order valence-corrected chi connectivity index (χ4v) is 1.40. The van der Waals surface area contributed by atoms with E-state index in [9.17, 15) is 19.2 Å². The molecule has 0 aliphatic heterocycles. The molecule has 0 rings (SSSR count). The molecule has 2 N–H and O–H groups in total. The summed E-state index contributed by atoms with van der Waals surface area (Å²) >= 11 is 0. The standard InChI is InChI=1S/C16H24N2O8/c1-3-13(19)23-9-11-25-15(21)17-7-5-6-8-18-16(22)26-12-10-24-14(20)4-2/h3-4H,1-2,5-12H2,(H,17,21)(H,18,22). The summed E-state index contributed by atoms with van der Waals surface area (Å²) in [6, 6.07) is 0. The molecule has 0 aliphatic rings. The summed E-state index contributed by atoms with van der Waals surface area (Å²) in [5.74, 6) is -1.17. The maximum atomic E-state index is 11.3. The van der Waals surface area contributed by atoms with Crippen molar-refractivity contribution in [3.63, 3.8) is 0 Å². The maximum Gasteiger partial charge on any atom is 0.407 e. The molecule has 146 valence electrons. The molecular weight excluding hydrogens is 348 g/mol. The van der Waals surface area contributed by atoms with Crippen LogP contribution in [0.25, 0.3) is 0 Å². The third-order valence-corrected chi connectivity index (χ3v) is 2.60. The van der Waals surface area contributed by atoms with Crippen molar-refractivity contribution in [3.05, 3.63) is 25.3 Å². The topological polar surface area (TPSA) is 129 Å². The lowest BCUT2D eigenvalue weighted by molar-refractivity contribution is -0.139. The highest BCUT2D eigenvalue weighted by atomic mass is 16.6. The van der Waals surface area contributed by atoms with Gasteiger partial charge < -0.3 is 29.6 Å². The second-order valence-corrected chi connectivity index (χ2v) is 4.58. The Morgan fingerprint density at radius 1 is 0.654 bits per heavy atom. The molecule has 0 heterocycles. The summed E-state index contributed by atoms with van der Waals surface area (Å²) in [6.07, 6.45) is 2.00. The molecule has 0 spiro atoms. The number of hydrogen-bond donors (Lipinski definition) is 2. The fourth-order valence-electron chi connectivity index (χ4n) is 1.40. The molecule has 0 bridgehead atoms. The largest absolute Gasteiger partial charge is 0.459 e. The molecule has 0 unspecified atom stereocenters. The number of amides is 2. The Hall–Kier alpha value is -3.04. The first-order valence-corrected chi connectivity index (χ1v) is 7.89. The van der Waals surface area contributed by atoms with Crippen LogP contribution in [0.1, 0.15) is 12.8 Å². The van der Waals surface area contributed by atoms with Crippen LogP contribution in [-0.2, 0) is 28.5 Å². The number of esters is 2. The Kier molecular flexibility index (Phi) is 13.7. The van der Waals surface area contributed by atoms with Crippen molar-refractivity contribution in [2.75, 3.05) is 39.5 Å². The van der Waals surface area contributed by atoms with Gasteiger partial charge in [-0.05, 0) is 12.8 Å². The Morgan fingerprint density at radius 2 is 1.00 bits per heavy atom. The van der Waals surface area contributed by atoms with E-state index in [1.165, 1.54) is 0 Å². The molecule has 10 nitrogen and oxygen atoms in total. The van der Waals surface area contributed by atoms with E-state index in [-0.39, 0.29) is 26.4 Å². The minimum absolute atomic E-state index is 0.0445. The quantitative estimate of drug-likeness (QED) is 0.209. The number of unbranched alkanes of at least 4 members (excludes halogenated alkanes) is 1. The monoisotopic (exact) mass is 372 g/mol. The van der Waals surface area contributed by atoms with Gasteiger partial charge in [0.25, 0.3) is 0 Å². The van der Waals surface area contributed by atoms with Crippen molar-refractivity contribution < 1.29 is 38.1 Å². The van der Waals surface area contributed by atoms with Gasteiger partial charge in [-0.3, -0.25) is 0 Å². The van der Waals surface area contributed by atoms with Crippen LogP contribution in [0.5, 0.6) is 0 Å². The van der Waals surface area contributed by atoms with E-state index in [4.69, 9.17) is 9.47 Å². The van der Waals surface area contributed by atoms with Gasteiger partial charge in [-0.15, -0.1) is 0 Å². The second-order valence-electron chi connectivity index (χ2n) is 4.58. The average molecular weight is 372 g/mol. The summed E-state index contributed by atoms with van der Waals surface area (Å²) in [5.41, 5.74) is 0. The third kappa shape index (κ3) is 14.5. The summed E-state index contributed by atoms with van der Waals surface area (Å²) in [5, 5.41) is 5.02. The number of rotatable bonds is 13. The van der Waals surface area contributed by atoms with E-state index in [1.54, 1.807) is 0 Å². The first-order chi connectivity index (χ1) is 12.5. The number of carbonyl (C=O) groups is 4.